The van der Waals surface area contributed by atoms with Crippen LogP contribution >= 0.6 is 0 Å². The molecule has 1 aliphatic rings. The molecule has 0 unspecified atom stereocenters. The van der Waals surface area contributed by atoms with E-state index in [4.69, 9.17) is 0 Å². The van der Waals surface area contributed by atoms with Gasteiger partial charge in [-0.1, -0.05) is 25.7 Å². The number of hydrogen-bond acceptors (Lipinski definition) is 2. The number of hydrogen-bond donors (Lipinski definition) is 2. The van der Waals surface area contributed by atoms with Crippen molar-refractivity contribution in [1.29, 1.82) is 0 Å². The van der Waals surface area contributed by atoms with Crippen LogP contribution in [0.4, 0.5) is 0 Å². The van der Waals surface area contributed by atoms with E-state index in [9.17, 15) is 9.59 Å². The summed E-state index contributed by atoms with van der Waals surface area (Å²) in [6.07, 6.45) is 6.79. The fraction of sp³-hybridized carbons (Fsp3) is 0.800. The van der Waals surface area contributed by atoms with E-state index >= 15 is 0 Å². The van der Waals surface area contributed by atoms with Crippen LogP contribution in [0.3, 0.4) is 0 Å². The first-order valence-electron chi connectivity index (χ1n) is 5.26. The maximum absolute atomic E-state index is 11.2. The van der Waals surface area contributed by atoms with Crippen molar-refractivity contribution in [2.24, 2.45) is 0 Å². The maximum atomic E-state index is 11.2. The molecule has 14 heavy (non-hydrogen) atoms. The van der Waals surface area contributed by atoms with Gasteiger partial charge in [-0.3, -0.25) is 9.59 Å². The second kappa shape index (κ2) is 5.62. The van der Waals surface area contributed by atoms with Gasteiger partial charge in [-0.15, -0.1) is 0 Å². The van der Waals surface area contributed by atoms with Crippen LogP contribution in [0.15, 0.2) is 0 Å². The summed E-state index contributed by atoms with van der Waals surface area (Å²) in [6.45, 7) is 0. The molecule has 0 bridgehead atoms. The quantitative estimate of drug-likeness (QED) is 0.478. The van der Waals surface area contributed by atoms with Crippen molar-refractivity contribution in [3.63, 3.8) is 0 Å². The molecule has 4 heteroatoms. The minimum atomic E-state index is -0.547. The zero-order valence-electron chi connectivity index (χ0n) is 8.64. The third kappa shape index (κ3) is 3.36. The van der Waals surface area contributed by atoms with Crippen LogP contribution in [0.25, 0.3) is 0 Å². The van der Waals surface area contributed by atoms with Crippen LogP contribution in [0.1, 0.15) is 38.5 Å². The van der Waals surface area contributed by atoms with Gasteiger partial charge in [0.05, 0.1) is 0 Å². The van der Waals surface area contributed by atoms with Crippen LogP contribution in [-0.4, -0.2) is 24.9 Å². The number of carbonyl (C=O) groups is 2. The lowest BCUT2D eigenvalue weighted by molar-refractivity contribution is -0.139. The van der Waals surface area contributed by atoms with E-state index in [2.05, 4.69) is 10.6 Å². The third-order valence-electron chi connectivity index (χ3n) is 2.62. The first kappa shape index (κ1) is 11.0. The van der Waals surface area contributed by atoms with Crippen LogP contribution < -0.4 is 10.6 Å². The third-order valence-corrected chi connectivity index (χ3v) is 2.62. The molecule has 0 aromatic rings. The summed E-state index contributed by atoms with van der Waals surface area (Å²) < 4.78 is 0. The van der Waals surface area contributed by atoms with E-state index in [1.165, 1.54) is 19.9 Å². The van der Waals surface area contributed by atoms with Gasteiger partial charge in [0, 0.05) is 13.1 Å². The topological polar surface area (TPSA) is 58.2 Å². The largest absolute Gasteiger partial charge is 0.351 e. The highest BCUT2D eigenvalue weighted by Crippen LogP contribution is 2.16. The maximum Gasteiger partial charge on any atom is 0.309 e. The highest BCUT2D eigenvalue weighted by molar-refractivity contribution is 6.35. The Morgan fingerprint density at radius 3 is 2.07 bits per heavy atom. The van der Waals surface area contributed by atoms with Crippen molar-refractivity contribution < 1.29 is 9.59 Å². The lowest BCUT2D eigenvalue weighted by atomic mass is 10.1. The molecule has 1 aliphatic carbocycles. The molecule has 1 fully saturated rings. The Kier molecular flexibility index (Phi) is 4.43. The summed E-state index contributed by atoms with van der Waals surface area (Å²) >= 11 is 0. The molecule has 0 radical (unpaired) electrons. The summed E-state index contributed by atoms with van der Waals surface area (Å²) in [6, 6.07) is 0.197. The fourth-order valence-electron chi connectivity index (χ4n) is 1.79. The average molecular weight is 198 g/mol. The molecular weight excluding hydrogens is 180 g/mol. The van der Waals surface area contributed by atoms with Crippen molar-refractivity contribution in [1.82, 2.24) is 10.6 Å². The first-order chi connectivity index (χ1) is 6.74. The predicted molar refractivity (Wildman–Crippen MR) is 53.7 cm³/mol. The van der Waals surface area contributed by atoms with E-state index in [1.807, 2.05) is 0 Å². The van der Waals surface area contributed by atoms with Gasteiger partial charge in [-0.05, 0) is 12.8 Å². The Hall–Kier alpha value is -1.06. The van der Waals surface area contributed by atoms with Crippen LogP contribution in [-0.2, 0) is 9.59 Å². The summed E-state index contributed by atoms with van der Waals surface area (Å²) in [5, 5.41) is 5.08. The Bertz CT molecular complexity index is 208. The summed E-state index contributed by atoms with van der Waals surface area (Å²) in [7, 11) is 1.47. The highest BCUT2D eigenvalue weighted by atomic mass is 16.2. The Labute approximate surface area is 84.4 Å². The van der Waals surface area contributed by atoms with Gasteiger partial charge in [0.1, 0.15) is 0 Å². The monoisotopic (exact) mass is 198 g/mol. The Morgan fingerprint density at radius 2 is 1.57 bits per heavy atom. The minimum absolute atomic E-state index is 0.197. The molecule has 0 saturated heterocycles. The lowest BCUT2D eigenvalue weighted by Gasteiger charge is -2.14. The fourth-order valence-corrected chi connectivity index (χ4v) is 1.79. The first-order valence-corrected chi connectivity index (χ1v) is 5.26. The highest BCUT2D eigenvalue weighted by Gasteiger charge is 2.18. The number of nitrogens with one attached hydrogen (secondary N) is 2. The Morgan fingerprint density at radius 1 is 1.00 bits per heavy atom. The number of likely N-dealkylation sites (N-methyl/N-ethyl adjacent to an activating group) is 1. The molecule has 1 saturated carbocycles. The second-order valence-electron chi connectivity index (χ2n) is 3.74. The van der Waals surface area contributed by atoms with Crippen molar-refractivity contribution in [3.05, 3.63) is 0 Å². The van der Waals surface area contributed by atoms with E-state index in [-0.39, 0.29) is 6.04 Å². The normalized spacial score (nSPS) is 18.4. The van der Waals surface area contributed by atoms with Gasteiger partial charge >= 0.3 is 11.8 Å². The van der Waals surface area contributed by atoms with Gasteiger partial charge < -0.3 is 10.6 Å². The van der Waals surface area contributed by atoms with E-state index in [0.717, 1.165) is 25.7 Å². The molecule has 0 aromatic carbocycles. The smallest absolute Gasteiger partial charge is 0.309 e. The van der Waals surface area contributed by atoms with Crippen molar-refractivity contribution >= 4 is 11.8 Å². The number of amides is 2. The zero-order valence-corrected chi connectivity index (χ0v) is 8.64. The SMILES string of the molecule is CNC(=O)C(=O)NC1CCCCCC1. The van der Waals surface area contributed by atoms with E-state index in [1.54, 1.807) is 0 Å². The molecule has 0 spiro atoms. The number of rotatable bonds is 1. The molecule has 4 nitrogen and oxygen atoms in total. The van der Waals surface area contributed by atoms with Crippen LogP contribution in [0.2, 0.25) is 0 Å². The molecule has 2 N–H and O–H groups in total. The van der Waals surface area contributed by atoms with E-state index < -0.39 is 11.8 Å². The lowest BCUT2D eigenvalue weighted by Crippen LogP contribution is -2.43. The minimum Gasteiger partial charge on any atom is -0.351 e. The van der Waals surface area contributed by atoms with Crippen molar-refractivity contribution in [3.8, 4) is 0 Å². The summed E-state index contributed by atoms with van der Waals surface area (Å²) in [5.74, 6) is -1.05. The molecular formula is C10H18N2O2. The molecule has 0 atom stereocenters. The standard InChI is InChI=1S/C10H18N2O2/c1-11-9(13)10(14)12-8-6-4-2-3-5-7-8/h8H,2-7H2,1H3,(H,11,13)(H,12,14). The van der Waals surface area contributed by atoms with Crippen LogP contribution in [0, 0.1) is 0 Å². The van der Waals surface area contributed by atoms with Gasteiger partial charge in [-0.25, -0.2) is 0 Å². The van der Waals surface area contributed by atoms with Gasteiger partial charge in [0.2, 0.25) is 0 Å². The van der Waals surface area contributed by atoms with Gasteiger partial charge in [0.15, 0.2) is 0 Å². The summed E-state index contributed by atoms with van der Waals surface area (Å²) in [5.41, 5.74) is 0. The van der Waals surface area contributed by atoms with Gasteiger partial charge in [0.25, 0.3) is 0 Å². The second-order valence-corrected chi connectivity index (χ2v) is 3.74. The van der Waals surface area contributed by atoms with E-state index in [0.29, 0.717) is 0 Å². The molecule has 1 rings (SSSR count). The number of carbonyl (C=O) groups excluding carboxylic acids is 2. The predicted octanol–water partition coefficient (Wildman–Crippen LogP) is 0.571. The van der Waals surface area contributed by atoms with Gasteiger partial charge in [-0.2, -0.15) is 0 Å². The van der Waals surface area contributed by atoms with Crippen molar-refractivity contribution in [2.75, 3.05) is 7.05 Å². The molecule has 2 amide bonds. The summed E-state index contributed by atoms with van der Waals surface area (Å²) in [4.78, 5) is 22.2. The van der Waals surface area contributed by atoms with Crippen molar-refractivity contribution in [2.45, 2.75) is 44.6 Å². The average Bonchev–Trinajstić information content (AvgIpc) is 2.45. The zero-order chi connectivity index (χ0) is 10.4. The molecule has 0 aromatic heterocycles. The van der Waals surface area contributed by atoms with Crippen LogP contribution in [0.5, 0.6) is 0 Å². The molecule has 80 valence electrons. The molecule has 0 heterocycles. The molecule has 0 aliphatic heterocycles. The Balaban J connectivity index is 2.34.